The number of anilines is 1. The van der Waals surface area contributed by atoms with Crippen LogP contribution in [0.1, 0.15) is 27.3 Å². The fraction of sp³-hybridized carbons (Fsp3) is 0.150. The molecule has 1 aliphatic rings. The van der Waals surface area contributed by atoms with Gasteiger partial charge >= 0.3 is 0 Å². The Kier molecular flexibility index (Phi) is 3.57. The van der Waals surface area contributed by atoms with Crippen molar-refractivity contribution in [2.45, 2.75) is 19.3 Å². The van der Waals surface area contributed by atoms with Crippen molar-refractivity contribution < 1.29 is 9.32 Å². The molecule has 1 amide bonds. The zero-order valence-electron chi connectivity index (χ0n) is 13.9. The summed E-state index contributed by atoms with van der Waals surface area (Å²) >= 11 is 1.58. The summed E-state index contributed by atoms with van der Waals surface area (Å²) < 4.78 is 5.50. The van der Waals surface area contributed by atoms with Crippen molar-refractivity contribution in [2.24, 2.45) is 0 Å². The number of rotatable bonds is 3. The first-order valence-corrected chi connectivity index (χ1v) is 9.34. The van der Waals surface area contributed by atoms with Crippen molar-refractivity contribution in [2.75, 3.05) is 5.32 Å². The van der Waals surface area contributed by atoms with Crippen LogP contribution in [0.15, 0.2) is 53.1 Å². The number of thiazole rings is 1. The summed E-state index contributed by atoms with van der Waals surface area (Å²) in [6, 6.07) is 15.2. The third kappa shape index (κ3) is 2.59. The standard InChI is InChI=1S/C20H15N3O2S/c24-19(22-20-21-16-7-4-8-17(16)26-20)13-9-10-15-14(11-13)18(25-23-15)12-5-2-1-3-6-12/h1-3,5-6,9-11H,4,7-8H2,(H,21,22,24). The molecule has 0 aliphatic heterocycles. The van der Waals surface area contributed by atoms with Crippen LogP contribution in [0.4, 0.5) is 5.13 Å². The molecular formula is C20H15N3O2S. The van der Waals surface area contributed by atoms with Gasteiger partial charge in [0.2, 0.25) is 0 Å². The zero-order chi connectivity index (χ0) is 17.5. The molecule has 26 heavy (non-hydrogen) atoms. The summed E-state index contributed by atoms with van der Waals surface area (Å²) in [6.07, 6.45) is 3.24. The molecule has 0 saturated carbocycles. The Morgan fingerprint density at radius 1 is 1.12 bits per heavy atom. The van der Waals surface area contributed by atoms with Crippen LogP contribution in [-0.2, 0) is 12.8 Å². The molecule has 1 aliphatic carbocycles. The van der Waals surface area contributed by atoms with E-state index in [-0.39, 0.29) is 5.91 Å². The number of hydrogen-bond donors (Lipinski definition) is 1. The molecule has 2 aromatic heterocycles. The summed E-state index contributed by atoms with van der Waals surface area (Å²) in [5, 5.41) is 8.52. The second-order valence-electron chi connectivity index (χ2n) is 6.31. The van der Waals surface area contributed by atoms with E-state index >= 15 is 0 Å². The number of aromatic nitrogens is 2. The summed E-state index contributed by atoms with van der Waals surface area (Å²) in [4.78, 5) is 18.5. The molecule has 0 spiro atoms. The molecule has 1 N–H and O–H groups in total. The van der Waals surface area contributed by atoms with Gasteiger partial charge in [0.15, 0.2) is 10.9 Å². The van der Waals surface area contributed by atoms with Crippen LogP contribution in [0.3, 0.4) is 0 Å². The van der Waals surface area contributed by atoms with Crippen molar-refractivity contribution in [3.8, 4) is 11.3 Å². The largest absolute Gasteiger partial charge is 0.355 e. The lowest BCUT2D eigenvalue weighted by atomic mass is 10.1. The number of nitrogens with one attached hydrogen (secondary N) is 1. The minimum atomic E-state index is -0.167. The number of fused-ring (bicyclic) bond motifs is 2. The summed E-state index contributed by atoms with van der Waals surface area (Å²) in [7, 11) is 0. The minimum absolute atomic E-state index is 0.167. The quantitative estimate of drug-likeness (QED) is 0.575. The van der Waals surface area contributed by atoms with Gasteiger partial charge in [0.05, 0.1) is 11.1 Å². The monoisotopic (exact) mass is 361 g/mol. The van der Waals surface area contributed by atoms with Crippen LogP contribution in [0, 0.1) is 0 Å². The first kappa shape index (κ1) is 15.3. The highest BCUT2D eigenvalue weighted by Crippen LogP contribution is 2.32. The van der Waals surface area contributed by atoms with E-state index in [9.17, 15) is 4.79 Å². The molecular weight excluding hydrogens is 346 g/mol. The van der Waals surface area contributed by atoms with E-state index in [0.717, 1.165) is 41.4 Å². The predicted octanol–water partition coefficient (Wildman–Crippen LogP) is 4.69. The average molecular weight is 361 g/mol. The van der Waals surface area contributed by atoms with E-state index in [1.54, 1.807) is 17.4 Å². The molecule has 4 aromatic rings. The van der Waals surface area contributed by atoms with E-state index in [2.05, 4.69) is 15.5 Å². The molecule has 0 bridgehead atoms. The Morgan fingerprint density at radius 2 is 2.00 bits per heavy atom. The minimum Gasteiger partial charge on any atom is -0.355 e. The van der Waals surface area contributed by atoms with Crippen LogP contribution >= 0.6 is 11.3 Å². The van der Waals surface area contributed by atoms with Crippen LogP contribution in [-0.4, -0.2) is 16.0 Å². The normalized spacial score (nSPS) is 13.1. The third-order valence-corrected chi connectivity index (χ3v) is 5.66. The van der Waals surface area contributed by atoms with Crippen molar-refractivity contribution in [1.82, 2.24) is 10.1 Å². The van der Waals surface area contributed by atoms with Crippen molar-refractivity contribution in [3.63, 3.8) is 0 Å². The Morgan fingerprint density at radius 3 is 2.85 bits per heavy atom. The Labute approximate surface area is 153 Å². The summed E-state index contributed by atoms with van der Waals surface area (Å²) in [5.74, 6) is 0.503. The van der Waals surface area contributed by atoms with E-state index < -0.39 is 0 Å². The molecule has 2 aromatic carbocycles. The van der Waals surface area contributed by atoms with Gasteiger partial charge in [-0.3, -0.25) is 10.1 Å². The van der Waals surface area contributed by atoms with Crippen LogP contribution in [0.5, 0.6) is 0 Å². The Balaban J connectivity index is 1.47. The highest BCUT2D eigenvalue weighted by Gasteiger charge is 2.19. The number of aryl methyl sites for hydroxylation is 2. The third-order valence-electron chi connectivity index (χ3n) is 4.59. The maximum Gasteiger partial charge on any atom is 0.257 e. The second-order valence-corrected chi connectivity index (χ2v) is 7.39. The highest BCUT2D eigenvalue weighted by molar-refractivity contribution is 7.16. The van der Waals surface area contributed by atoms with Crippen LogP contribution < -0.4 is 5.32 Å². The average Bonchev–Trinajstić information content (AvgIpc) is 3.36. The van der Waals surface area contributed by atoms with Gasteiger partial charge < -0.3 is 4.52 Å². The number of nitrogens with zero attached hydrogens (tertiary/aromatic N) is 2. The van der Waals surface area contributed by atoms with Crippen molar-refractivity contribution in [1.29, 1.82) is 0 Å². The molecule has 5 nitrogen and oxygen atoms in total. The van der Waals surface area contributed by atoms with E-state index in [1.165, 1.54) is 4.88 Å². The molecule has 6 heteroatoms. The van der Waals surface area contributed by atoms with Gasteiger partial charge in [-0.15, -0.1) is 11.3 Å². The molecule has 5 rings (SSSR count). The van der Waals surface area contributed by atoms with Gasteiger partial charge in [-0.25, -0.2) is 4.98 Å². The number of benzene rings is 2. The SMILES string of the molecule is O=C(Nc1nc2c(s1)CCC2)c1ccc2noc(-c3ccccc3)c2c1. The topological polar surface area (TPSA) is 68.0 Å². The predicted molar refractivity (Wildman–Crippen MR) is 102 cm³/mol. The number of carbonyl (C=O) groups is 1. The Bertz CT molecular complexity index is 1090. The lowest BCUT2D eigenvalue weighted by molar-refractivity contribution is 0.102. The number of carbonyl (C=O) groups excluding carboxylic acids is 1. The molecule has 128 valence electrons. The van der Waals surface area contributed by atoms with Gasteiger partial charge in [0.25, 0.3) is 5.91 Å². The van der Waals surface area contributed by atoms with Crippen molar-refractivity contribution >= 4 is 33.3 Å². The molecule has 2 heterocycles. The van der Waals surface area contributed by atoms with Gasteiger partial charge in [0, 0.05) is 16.0 Å². The van der Waals surface area contributed by atoms with Crippen LogP contribution in [0.25, 0.3) is 22.2 Å². The molecule has 0 unspecified atom stereocenters. The smallest absolute Gasteiger partial charge is 0.257 e. The number of amides is 1. The second kappa shape index (κ2) is 6.07. The van der Waals surface area contributed by atoms with Gasteiger partial charge in [-0.2, -0.15) is 0 Å². The van der Waals surface area contributed by atoms with Crippen LogP contribution in [0.2, 0.25) is 0 Å². The lowest BCUT2D eigenvalue weighted by Crippen LogP contribution is -2.11. The lowest BCUT2D eigenvalue weighted by Gasteiger charge is -2.02. The first-order valence-electron chi connectivity index (χ1n) is 8.53. The number of hydrogen-bond acceptors (Lipinski definition) is 5. The highest BCUT2D eigenvalue weighted by atomic mass is 32.1. The first-order chi connectivity index (χ1) is 12.8. The summed E-state index contributed by atoms with van der Waals surface area (Å²) in [5.41, 5.74) is 3.36. The maximum atomic E-state index is 12.7. The fourth-order valence-corrected chi connectivity index (χ4v) is 4.34. The van der Waals surface area contributed by atoms with Gasteiger partial charge in [-0.1, -0.05) is 35.5 Å². The maximum absolute atomic E-state index is 12.7. The van der Waals surface area contributed by atoms with E-state index in [4.69, 9.17) is 4.52 Å². The Hall–Kier alpha value is -2.99. The molecule has 0 saturated heterocycles. The zero-order valence-corrected chi connectivity index (χ0v) is 14.7. The summed E-state index contributed by atoms with van der Waals surface area (Å²) in [6.45, 7) is 0. The van der Waals surface area contributed by atoms with E-state index in [1.807, 2.05) is 42.5 Å². The molecule has 0 atom stereocenters. The van der Waals surface area contributed by atoms with Gasteiger partial charge in [0.1, 0.15) is 5.52 Å². The van der Waals surface area contributed by atoms with Gasteiger partial charge in [-0.05, 0) is 37.5 Å². The molecule has 0 radical (unpaired) electrons. The van der Waals surface area contributed by atoms with E-state index in [0.29, 0.717) is 16.5 Å². The molecule has 0 fully saturated rings. The fourth-order valence-electron chi connectivity index (χ4n) is 3.29. The van der Waals surface area contributed by atoms with Crippen molar-refractivity contribution in [3.05, 3.63) is 64.7 Å².